The van der Waals surface area contributed by atoms with Gasteiger partial charge in [-0.15, -0.1) is 0 Å². The molecule has 0 saturated heterocycles. The Balaban J connectivity index is 1.34. The Bertz CT molecular complexity index is 1150. The number of fused-ring (bicyclic) bond motifs is 3. The molecule has 29 heavy (non-hydrogen) atoms. The van der Waals surface area contributed by atoms with E-state index in [-0.39, 0.29) is 18.0 Å². The molecule has 4 fully saturated rings. The minimum Gasteiger partial charge on any atom is -0.460 e. The Morgan fingerprint density at radius 1 is 1.00 bits per heavy atom. The summed E-state index contributed by atoms with van der Waals surface area (Å²) in [6.07, 6.45) is 6.84. The molecule has 4 nitrogen and oxygen atoms in total. The highest BCUT2D eigenvalue weighted by Gasteiger charge is 2.55. The predicted molar refractivity (Wildman–Crippen MR) is 110 cm³/mol. The highest BCUT2D eigenvalue weighted by molar-refractivity contribution is 6.07. The van der Waals surface area contributed by atoms with Crippen LogP contribution in [0.2, 0.25) is 0 Å². The van der Waals surface area contributed by atoms with Crippen molar-refractivity contribution >= 4 is 27.7 Å². The zero-order chi connectivity index (χ0) is 19.6. The summed E-state index contributed by atoms with van der Waals surface area (Å²) in [4.78, 5) is 25.3. The van der Waals surface area contributed by atoms with Crippen LogP contribution in [0.3, 0.4) is 0 Å². The van der Waals surface area contributed by atoms with Gasteiger partial charge in [0.05, 0.1) is 5.41 Å². The minimum atomic E-state index is -0.409. The summed E-state index contributed by atoms with van der Waals surface area (Å²) in [6, 6.07) is 13.3. The third-order valence-electron chi connectivity index (χ3n) is 7.54. The molecule has 1 heterocycles. The second-order valence-corrected chi connectivity index (χ2v) is 9.52. The van der Waals surface area contributed by atoms with Crippen molar-refractivity contribution in [3.63, 3.8) is 0 Å². The molecular formula is C25H24O4. The van der Waals surface area contributed by atoms with Gasteiger partial charge in [-0.25, -0.2) is 4.79 Å². The van der Waals surface area contributed by atoms with Gasteiger partial charge in [-0.05, 0) is 73.1 Å². The van der Waals surface area contributed by atoms with Crippen molar-refractivity contribution in [3.8, 4) is 0 Å². The highest BCUT2D eigenvalue weighted by Crippen LogP contribution is 2.60. The second-order valence-electron chi connectivity index (χ2n) is 9.52. The fraction of sp³-hybridized carbons (Fsp3) is 0.440. The maximum atomic E-state index is 13.2. The fourth-order valence-electron chi connectivity index (χ4n) is 6.79. The van der Waals surface area contributed by atoms with Crippen LogP contribution in [-0.2, 0) is 16.1 Å². The molecule has 0 radical (unpaired) electrons. The maximum Gasteiger partial charge on any atom is 0.336 e. The standard InChI is InChI=1S/C25H24O4/c26-22-10-19(23-20-4-2-1-3-18(20)5-6-21(23)29-22)14-28-24(27)25-11-15-7-16(12-25)9-17(8-15)13-25/h1-6,10,15-17H,7-9,11-14H2. The van der Waals surface area contributed by atoms with Gasteiger partial charge in [0.1, 0.15) is 12.2 Å². The van der Waals surface area contributed by atoms with Crippen LogP contribution in [0.4, 0.5) is 0 Å². The van der Waals surface area contributed by atoms with E-state index in [0.29, 0.717) is 23.3 Å². The number of carbonyl (C=O) groups is 1. The van der Waals surface area contributed by atoms with Gasteiger partial charge in [-0.2, -0.15) is 0 Å². The number of carbonyl (C=O) groups excluding carboxylic acids is 1. The number of ether oxygens (including phenoxy) is 1. The summed E-state index contributed by atoms with van der Waals surface area (Å²) in [5.41, 5.74) is 0.573. The van der Waals surface area contributed by atoms with Gasteiger partial charge in [0, 0.05) is 17.0 Å². The molecular weight excluding hydrogens is 364 g/mol. The zero-order valence-electron chi connectivity index (χ0n) is 16.4. The Kier molecular flexibility index (Phi) is 3.68. The molecule has 4 aliphatic carbocycles. The Morgan fingerprint density at radius 2 is 1.69 bits per heavy atom. The molecule has 4 aliphatic rings. The summed E-state index contributed by atoms with van der Waals surface area (Å²) in [5.74, 6) is 2.03. The topological polar surface area (TPSA) is 56.5 Å². The van der Waals surface area contributed by atoms with Gasteiger partial charge in [0.2, 0.25) is 0 Å². The summed E-state index contributed by atoms with van der Waals surface area (Å²) in [6.45, 7) is 0.122. The van der Waals surface area contributed by atoms with E-state index in [1.165, 1.54) is 25.3 Å². The summed E-state index contributed by atoms with van der Waals surface area (Å²) in [5, 5.41) is 2.94. The lowest BCUT2D eigenvalue weighted by Gasteiger charge is -2.55. The van der Waals surface area contributed by atoms with Gasteiger partial charge < -0.3 is 9.15 Å². The van der Waals surface area contributed by atoms with Crippen LogP contribution in [0.5, 0.6) is 0 Å². The van der Waals surface area contributed by atoms with Crippen molar-refractivity contribution in [2.75, 3.05) is 0 Å². The molecule has 0 aliphatic heterocycles. The average Bonchev–Trinajstić information content (AvgIpc) is 2.70. The molecule has 0 amide bonds. The van der Waals surface area contributed by atoms with Crippen molar-refractivity contribution in [1.29, 1.82) is 0 Å². The Labute approximate surface area is 168 Å². The normalized spacial score (nSPS) is 30.1. The number of hydrogen-bond acceptors (Lipinski definition) is 4. The third kappa shape index (κ3) is 2.72. The highest BCUT2D eigenvalue weighted by atomic mass is 16.5. The predicted octanol–water partition coefficient (Wildman–Crippen LogP) is 5.21. The SMILES string of the molecule is O=C(OCc1cc(=O)oc2ccc3ccccc3c12)C12CC3CC(CC(C3)C1)C2. The largest absolute Gasteiger partial charge is 0.460 e. The van der Waals surface area contributed by atoms with Crippen LogP contribution < -0.4 is 5.63 Å². The first-order valence-corrected chi connectivity index (χ1v) is 10.7. The smallest absolute Gasteiger partial charge is 0.336 e. The summed E-state index contributed by atoms with van der Waals surface area (Å²) >= 11 is 0. The van der Waals surface area contributed by atoms with Crippen LogP contribution in [-0.4, -0.2) is 5.97 Å². The average molecular weight is 388 g/mol. The van der Waals surface area contributed by atoms with Gasteiger partial charge in [-0.1, -0.05) is 30.3 Å². The first-order valence-electron chi connectivity index (χ1n) is 10.7. The van der Waals surface area contributed by atoms with Crippen LogP contribution in [0.1, 0.15) is 44.1 Å². The minimum absolute atomic E-state index is 0.0572. The molecule has 1 aromatic heterocycles. The summed E-state index contributed by atoms with van der Waals surface area (Å²) in [7, 11) is 0. The van der Waals surface area contributed by atoms with E-state index < -0.39 is 5.63 Å². The van der Waals surface area contributed by atoms with Crippen molar-refractivity contribution in [1.82, 2.24) is 0 Å². The molecule has 3 aromatic rings. The molecule has 0 atom stereocenters. The van der Waals surface area contributed by atoms with Crippen molar-refractivity contribution in [2.45, 2.75) is 45.1 Å². The van der Waals surface area contributed by atoms with E-state index in [1.807, 2.05) is 36.4 Å². The quantitative estimate of drug-likeness (QED) is 0.351. The maximum absolute atomic E-state index is 13.2. The van der Waals surface area contributed by atoms with Crippen molar-refractivity contribution in [2.24, 2.45) is 23.2 Å². The van der Waals surface area contributed by atoms with E-state index in [2.05, 4.69) is 0 Å². The lowest BCUT2D eigenvalue weighted by Crippen LogP contribution is -2.50. The molecule has 0 spiro atoms. The third-order valence-corrected chi connectivity index (χ3v) is 7.54. The second kappa shape index (κ2) is 6.19. The first-order chi connectivity index (χ1) is 14.1. The van der Waals surface area contributed by atoms with E-state index in [9.17, 15) is 9.59 Å². The summed E-state index contributed by atoms with van der Waals surface area (Å²) < 4.78 is 11.3. The molecule has 0 unspecified atom stereocenters. The monoisotopic (exact) mass is 388 g/mol. The van der Waals surface area contributed by atoms with Crippen molar-refractivity contribution < 1.29 is 13.9 Å². The first kappa shape index (κ1) is 17.3. The molecule has 4 saturated carbocycles. The van der Waals surface area contributed by atoms with Gasteiger partial charge in [0.15, 0.2) is 0 Å². The number of esters is 1. The van der Waals surface area contributed by atoms with E-state index in [4.69, 9.17) is 9.15 Å². The van der Waals surface area contributed by atoms with Crippen LogP contribution in [0.15, 0.2) is 51.7 Å². The Morgan fingerprint density at radius 3 is 2.41 bits per heavy atom. The van der Waals surface area contributed by atoms with Gasteiger partial charge in [-0.3, -0.25) is 4.79 Å². The molecule has 148 valence electrons. The van der Waals surface area contributed by atoms with E-state index >= 15 is 0 Å². The van der Waals surface area contributed by atoms with E-state index in [0.717, 1.165) is 41.0 Å². The number of rotatable bonds is 3. The van der Waals surface area contributed by atoms with Crippen LogP contribution >= 0.6 is 0 Å². The van der Waals surface area contributed by atoms with Crippen LogP contribution in [0, 0.1) is 23.2 Å². The molecule has 2 aromatic carbocycles. The van der Waals surface area contributed by atoms with Crippen molar-refractivity contribution in [3.05, 3.63) is 58.4 Å². The van der Waals surface area contributed by atoms with Crippen LogP contribution in [0.25, 0.3) is 21.7 Å². The zero-order valence-corrected chi connectivity index (χ0v) is 16.4. The number of hydrogen-bond donors (Lipinski definition) is 0. The Hall–Kier alpha value is -2.62. The number of benzene rings is 2. The molecule has 4 bridgehead atoms. The molecule has 7 rings (SSSR count). The lowest BCUT2D eigenvalue weighted by molar-refractivity contribution is -0.172. The molecule has 0 N–H and O–H groups in total. The van der Waals surface area contributed by atoms with Gasteiger partial charge >= 0.3 is 11.6 Å². The molecule has 4 heteroatoms. The van der Waals surface area contributed by atoms with Gasteiger partial charge in [0.25, 0.3) is 0 Å². The van der Waals surface area contributed by atoms with E-state index in [1.54, 1.807) is 0 Å². The lowest BCUT2D eigenvalue weighted by atomic mass is 9.49. The fourth-order valence-corrected chi connectivity index (χ4v) is 6.79.